The number of nitrogens with one attached hydrogen (secondary N) is 1. The zero-order valence-corrected chi connectivity index (χ0v) is 24.7. The molecule has 1 saturated heterocycles. The van der Waals surface area contributed by atoms with E-state index >= 15 is 0 Å². The SMILES string of the molecule is CC(=O)O[C@H]1O[C@H](CCCC[C@H](NS(=O)(=O)c2ccc(C)cc2)C(=O)OC(C)(C)C)[C@@H](OC(C)=O)[C@H]1OC(C)=O. The van der Waals surface area contributed by atoms with Gasteiger partial charge in [-0.2, -0.15) is 4.72 Å². The highest BCUT2D eigenvalue weighted by atomic mass is 32.2. The molecular formula is C27H39NO11S. The summed E-state index contributed by atoms with van der Waals surface area (Å²) in [4.78, 5) is 47.9. The molecule has 1 aromatic rings. The van der Waals surface area contributed by atoms with Crippen molar-refractivity contribution in [2.24, 2.45) is 0 Å². The van der Waals surface area contributed by atoms with Crippen LogP contribution < -0.4 is 4.72 Å². The van der Waals surface area contributed by atoms with E-state index in [1.54, 1.807) is 32.9 Å². The fourth-order valence-electron chi connectivity index (χ4n) is 4.10. The summed E-state index contributed by atoms with van der Waals surface area (Å²) in [5, 5.41) is 0. The summed E-state index contributed by atoms with van der Waals surface area (Å²) in [7, 11) is -4.02. The molecule has 0 unspecified atom stereocenters. The topological polar surface area (TPSA) is 161 Å². The van der Waals surface area contributed by atoms with Gasteiger partial charge in [0.2, 0.25) is 22.4 Å². The lowest BCUT2D eigenvalue weighted by Gasteiger charge is -2.25. The molecule has 0 radical (unpaired) electrons. The van der Waals surface area contributed by atoms with Crippen LogP contribution in [-0.2, 0) is 52.9 Å². The molecule has 0 aliphatic carbocycles. The van der Waals surface area contributed by atoms with E-state index in [4.69, 9.17) is 23.7 Å². The normalized spacial score (nSPS) is 21.8. The van der Waals surface area contributed by atoms with Crippen molar-refractivity contribution in [3.8, 4) is 0 Å². The number of unbranched alkanes of at least 4 members (excludes halogenated alkanes) is 1. The summed E-state index contributed by atoms with van der Waals surface area (Å²) < 4.78 is 55.4. The van der Waals surface area contributed by atoms with Crippen molar-refractivity contribution < 1.29 is 51.3 Å². The minimum Gasteiger partial charge on any atom is -0.459 e. The first-order chi connectivity index (χ1) is 18.5. The van der Waals surface area contributed by atoms with E-state index in [-0.39, 0.29) is 17.7 Å². The molecule has 0 aromatic heterocycles. The van der Waals surface area contributed by atoms with E-state index in [1.165, 1.54) is 19.1 Å². The Labute approximate surface area is 235 Å². The van der Waals surface area contributed by atoms with Crippen molar-refractivity contribution in [1.29, 1.82) is 0 Å². The standard InChI is InChI=1S/C27H39NO11S/c1-16-12-14-20(15-13-16)40(33,34)28-21(25(32)39-27(5,6)7)10-8-9-11-22-23(35-17(2)29)24(36-18(3)30)26(38-22)37-19(4)31/h12-15,21-24,26,28H,8-11H2,1-7H3/t21-,22+,23+,24+,26-/m0/s1. The Kier molecular flexibility index (Phi) is 11.6. The summed E-state index contributed by atoms with van der Waals surface area (Å²) in [6.45, 7) is 10.4. The molecule has 1 fully saturated rings. The quantitative estimate of drug-likeness (QED) is 0.218. The Morgan fingerprint density at radius 2 is 1.45 bits per heavy atom. The Balaban J connectivity index is 2.13. The summed E-state index contributed by atoms with van der Waals surface area (Å²) in [5.74, 6) is -2.72. The van der Waals surface area contributed by atoms with Gasteiger partial charge in [-0.3, -0.25) is 19.2 Å². The van der Waals surface area contributed by atoms with E-state index in [9.17, 15) is 27.6 Å². The number of aryl methyl sites for hydroxylation is 1. The summed E-state index contributed by atoms with van der Waals surface area (Å²) in [6, 6.07) is 5.06. The lowest BCUT2D eigenvalue weighted by atomic mass is 10.0. The average molecular weight is 586 g/mol. The Morgan fingerprint density at radius 3 is 1.98 bits per heavy atom. The second kappa shape index (κ2) is 14.0. The van der Waals surface area contributed by atoms with Crippen LogP contribution in [0.25, 0.3) is 0 Å². The van der Waals surface area contributed by atoms with Crippen molar-refractivity contribution in [2.75, 3.05) is 0 Å². The molecule has 0 bridgehead atoms. The first kappa shape index (κ1) is 33.2. The number of esters is 4. The monoisotopic (exact) mass is 585 g/mol. The van der Waals surface area contributed by atoms with Crippen LogP contribution in [-0.4, -0.2) is 68.5 Å². The number of rotatable bonds is 12. The number of carbonyl (C=O) groups is 4. The molecule has 1 N–H and O–H groups in total. The molecule has 0 spiro atoms. The second-order valence-electron chi connectivity index (χ2n) is 10.6. The number of benzene rings is 1. The lowest BCUT2D eigenvalue weighted by Crippen LogP contribution is -2.44. The number of hydrogen-bond donors (Lipinski definition) is 1. The van der Waals surface area contributed by atoms with Gasteiger partial charge in [0, 0.05) is 20.8 Å². The molecule has 13 heteroatoms. The van der Waals surface area contributed by atoms with Gasteiger partial charge in [-0.25, -0.2) is 8.42 Å². The van der Waals surface area contributed by atoms with Crippen molar-refractivity contribution >= 4 is 33.9 Å². The molecule has 1 aliphatic rings. The lowest BCUT2D eigenvalue weighted by molar-refractivity contribution is -0.195. The molecule has 1 aromatic carbocycles. The minimum atomic E-state index is -4.02. The van der Waals surface area contributed by atoms with Gasteiger partial charge in [0.15, 0.2) is 6.10 Å². The molecule has 5 atom stereocenters. The zero-order valence-electron chi connectivity index (χ0n) is 23.9. The maximum atomic E-state index is 13.0. The summed E-state index contributed by atoms with van der Waals surface area (Å²) in [6.07, 6.45) is -3.14. The summed E-state index contributed by atoms with van der Waals surface area (Å²) in [5.41, 5.74) is 0.0486. The minimum absolute atomic E-state index is 0.0169. The third-order valence-electron chi connectivity index (χ3n) is 5.71. The summed E-state index contributed by atoms with van der Waals surface area (Å²) >= 11 is 0. The van der Waals surface area contributed by atoms with Crippen LogP contribution in [0.2, 0.25) is 0 Å². The molecule has 1 aliphatic heterocycles. The van der Waals surface area contributed by atoms with Gasteiger partial charge in [-0.1, -0.05) is 30.5 Å². The van der Waals surface area contributed by atoms with Gasteiger partial charge in [0.25, 0.3) is 0 Å². The fraction of sp³-hybridized carbons (Fsp3) is 0.630. The number of carbonyl (C=O) groups excluding carboxylic acids is 4. The largest absolute Gasteiger partial charge is 0.459 e. The van der Waals surface area contributed by atoms with Gasteiger partial charge in [0.1, 0.15) is 17.7 Å². The van der Waals surface area contributed by atoms with Gasteiger partial charge >= 0.3 is 23.9 Å². The van der Waals surface area contributed by atoms with E-state index in [0.29, 0.717) is 12.8 Å². The van der Waals surface area contributed by atoms with Crippen LogP contribution in [0.15, 0.2) is 29.2 Å². The van der Waals surface area contributed by atoms with Crippen molar-refractivity contribution in [1.82, 2.24) is 4.72 Å². The molecule has 1 heterocycles. The number of hydrogen-bond acceptors (Lipinski definition) is 11. The van der Waals surface area contributed by atoms with Gasteiger partial charge < -0.3 is 23.7 Å². The highest BCUT2D eigenvalue weighted by Gasteiger charge is 2.50. The van der Waals surface area contributed by atoms with Crippen LogP contribution in [0.1, 0.15) is 72.8 Å². The van der Waals surface area contributed by atoms with Crippen LogP contribution >= 0.6 is 0 Å². The van der Waals surface area contributed by atoms with Gasteiger partial charge in [-0.15, -0.1) is 0 Å². The van der Waals surface area contributed by atoms with Crippen LogP contribution in [0.4, 0.5) is 0 Å². The van der Waals surface area contributed by atoms with Crippen LogP contribution in [0, 0.1) is 6.92 Å². The van der Waals surface area contributed by atoms with E-state index in [1.807, 2.05) is 6.92 Å². The fourth-order valence-corrected chi connectivity index (χ4v) is 5.32. The average Bonchev–Trinajstić information content (AvgIpc) is 3.09. The Morgan fingerprint density at radius 1 is 0.900 bits per heavy atom. The molecule has 224 valence electrons. The molecule has 40 heavy (non-hydrogen) atoms. The van der Waals surface area contributed by atoms with Gasteiger partial charge in [0.05, 0.1) is 4.90 Å². The van der Waals surface area contributed by atoms with E-state index in [0.717, 1.165) is 19.4 Å². The predicted molar refractivity (Wildman–Crippen MR) is 141 cm³/mol. The van der Waals surface area contributed by atoms with E-state index < -0.39 is 70.1 Å². The molecular weight excluding hydrogens is 546 g/mol. The van der Waals surface area contributed by atoms with Crippen molar-refractivity contribution in [3.63, 3.8) is 0 Å². The third-order valence-corrected chi connectivity index (χ3v) is 7.19. The Bertz CT molecular complexity index is 1160. The van der Waals surface area contributed by atoms with Gasteiger partial charge in [-0.05, 0) is 52.7 Å². The highest BCUT2D eigenvalue weighted by Crippen LogP contribution is 2.31. The molecule has 0 amide bonds. The zero-order chi connectivity index (χ0) is 30.3. The number of sulfonamides is 1. The van der Waals surface area contributed by atoms with Crippen LogP contribution in [0.3, 0.4) is 0 Å². The second-order valence-corrected chi connectivity index (χ2v) is 12.3. The van der Waals surface area contributed by atoms with E-state index in [2.05, 4.69) is 4.72 Å². The number of ether oxygens (including phenoxy) is 5. The maximum Gasteiger partial charge on any atom is 0.324 e. The Hall–Kier alpha value is -3.03. The third kappa shape index (κ3) is 10.5. The molecule has 2 rings (SSSR count). The maximum absolute atomic E-state index is 13.0. The first-order valence-electron chi connectivity index (χ1n) is 13.0. The smallest absolute Gasteiger partial charge is 0.324 e. The highest BCUT2D eigenvalue weighted by molar-refractivity contribution is 7.89. The first-order valence-corrected chi connectivity index (χ1v) is 14.5. The molecule has 0 saturated carbocycles. The molecule has 12 nitrogen and oxygen atoms in total. The van der Waals surface area contributed by atoms with Crippen molar-refractivity contribution in [3.05, 3.63) is 29.8 Å². The van der Waals surface area contributed by atoms with Crippen molar-refractivity contribution in [2.45, 2.75) is 115 Å². The predicted octanol–water partition coefficient (Wildman–Crippen LogP) is 2.70. The van der Waals surface area contributed by atoms with Crippen LogP contribution in [0.5, 0.6) is 0 Å².